The molecule has 0 unspecified atom stereocenters. The number of hydrogen-bond donors (Lipinski definition) is 1. The molecular formula is C17H26N2O. The number of unbranched alkanes of at least 4 members (excludes halogenated alkanes) is 2. The molecule has 0 atom stereocenters. The van der Waals surface area contributed by atoms with Crippen LogP contribution in [0.25, 0.3) is 0 Å². The molecule has 0 fully saturated rings. The lowest BCUT2D eigenvalue weighted by atomic mass is 9.85. The standard InChI is InChI=1S/C17H26N2O/c1-4-6-12-17(13-7-5-2)16(20-3)18-14-10-8-9-11-15(14)19-17/h8-11,19H,4-7,12-13H2,1-3H3. The summed E-state index contributed by atoms with van der Waals surface area (Å²) in [6.45, 7) is 4.46. The molecule has 1 aliphatic heterocycles. The molecule has 1 heterocycles. The molecule has 2 rings (SSSR count). The summed E-state index contributed by atoms with van der Waals surface area (Å²) < 4.78 is 5.65. The predicted molar refractivity (Wildman–Crippen MR) is 85.9 cm³/mol. The Morgan fingerprint density at radius 1 is 1.10 bits per heavy atom. The number of ether oxygens (including phenoxy) is 1. The fourth-order valence-electron chi connectivity index (χ4n) is 2.87. The molecule has 0 radical (unpaired) electrons. The molecule has 1 aromatic carbocycles. The van der Waals surface area contributed by atoms with Gasteiger partial charge in [-0.25, -0.2) is 4.99 Å². The zero-order valence-electron chi connectivity index (χ0n) is 12.9. The van der Waals surface area contributed by atoms with Crippen LogP contribution in [0.3, 0.4) is 0 Å². The van der Waals surface area contributed by atoms with E-state index >= 15 is 0 Å². The number of para-hydroxylation sites is 2. The second-order valence-corrected chi connectivity index (χ2v) is 5.55. The minimum Gasteiger partial charge on any atom is -0.482 e. The first-order chi connectivity index (χ1) is 9.75. The van der Waals surface area contributed by atoms with Crippen LogP contribution in [0.2, 0.25) is 0 Å². The van der Waals surface area contributed by atoms with Crippen LogP contribution in [-0.4, -0.2) is 18.5 Å². The van der Waals surface area contributed by atoms with Crippen LogP contribution < -0.4 is 5.32 Å². The lowest BCUT2D eigenvalue weighted by molar-refractivity contribution is 0.329. The number of rotatable bonds is 6. The molecule has 1 N–H and O–H groups in total. The smallest absolute Gasteiger partial charge is 0.214 e. The van der Waals surface area contributed by atoms with Gasteiger partial charge in [0, 0.05) is 0 Å². The third-order valence-electron chi connectivity index (χ3n) is 4.02. The lowest BCUT2D eigenvalue weighted by Crippen LogP contribution is -2.48. The van der Waals surface area contributed by atoms with Crippen LogP contribution in [0.5, 0.6) is 0 Å². The van der Waals surface area contributed by atoms with Crippen LogP contribution in [0, 0.1) is 0 Å². The number of anilines is 1. The van der Waals surface area contributed by atoms with Crippen LogP contribution in [0.1, 0.15) is 52.4 Å². The van der Waals surface area contributed by atoms with E-state index in [1.807, 2.05) is 12.1 Å². The van der Waals surface area contributed by atoms with Gasteiger partial charge >= 0.3 is 0 Å². The summed E-state index contributed by atoms with van der Waals surface area (Å²) in [7, 11) is 1.74. The number of hydrogen-bond acceptors (Lipinski definition) is 3. The van der Waals surface area contributed by atoms with Crippen LogP contribution in [-0.2, 0) is 4.74 Å². The third kappa shape index (κ3) is 2.97. The van der Waals surface area contributed by atoms with Crippen molar-refractivity contribution in [2.45, 2.75) is 57.9 Å². The van der Waals surface area contributed by atoms with E-state index in [2.05, 4.69) is 31.3 Å². The van der Waals surface area contributed by atoms with Gasteiger partial charge in [-0.05, 0) is 25.0 Å². The van der Waals surface area contributed by atoms with Gasteiger partial charge in [0.05, 0.1) is 18.5 Å². The van der Waals surface area contributed by atoms with Crippen molar-refractivity contribution >= 4 is 17.3 Å². The number of nitrogens with one attached hydrogen (secondary N) is 1. The average Bonchev–Trinajstić information content (AvgIpc) is 2.50. The second-order valence-electron chi connectivity index (χ2n) is 5.55. The molecule has 0 aliphatic carbocycles. The van der Waals surface area contributed by atoms with E-state index in [9.17, 15) is 0 Å². The van der Waals surface area contributed by atoms with Crippen LogP contribution >= 0.6 is 0 Å². The van der Waals surface area contributed by atoms with E-state index in [-0.39, 0.29) is 5.54 Å². The maximum atomic E-state index is 5.65. The van der Waals surface area contributed by atoms with Gasteiger partial charge in [-0.15, -0.1) is 0 Å². The Morgan fingerprint density at radius 2 is 1.75 bits per heavy atom. The Labute approximate surface area is 122 Å². The molecule has 3 nitrogen and oxygen atoms in total. The monoisotopic (exact) mass is 274 g/mol. The van der Waals surface area contributed by atoms with Crippen molar-refractivity contribution in [3.05, 3.63) is 24.3 Å². The Balaban J connectivity index is 2.34. The van der Waals surface area contributed by atoms with E-state index in [0.717, 1.165) is 30.1 Å². The number of methoxy groups -OCH3 is 1. The Bertz CT molecular complexity index is 460. The maximum Gasteiger partial charge on any atom is 0.214 e. The quantitative estimate of drug-likeness (QED) is 0.799. The highest BCUT2D eigenvalue weighted by atomic mass is 16.5. The van der Waals surface area contributed by atoms with E-state index < -0.39 is 0 Å². The number of aliphatic imine (C=N–C) groups is 1. The molecule has 0 amide bonds. The third-order valence-corrected chi connectivity index (χ3v) is 4.02. The van der Waals surface area contributed by atoms with Gasteiger partial charge in [0.25, 0.3) is 0 Å². The second kappa shape index (κ2) is 6.78. The van der Waals surface area contributed by atoms with Crippen molar-refractivity contribution in [2.75, 3.05) is 12.4 Å². The zero-order valence-corrected chi connectivity index (χ0v) is 12.9. The van der Waals surface area contributed by atoms with E-state index in [4.69, 9.17) is 9.73 Å². The number of nitrogens with zero attached hydrogens (tertiary/aromatic N) is 1. The highest BCUT2D eigenvalue weighted by Gasteiger charge is 2.39. The van der Waals surface area contributed by atoms with Crippen molar-refractivity contribution < 1.29 is 4.74 Å². The molecule has 0 saturated heterocycles. The Morgan fingerprint density at radius 3 is 2.35 bits per heavy atom. The normalized spacial score (nSPS) is 16.1. The Hall–Kier alpha value is -1.51. The zero-order chi connectivity index (χ0) is 14.4. The van der Waals surface area contributed by atoms with Gasteiger partial charge in [0.1, 0.15) is 5.54 Å². The summed E-state index contributed by atoms with van der Waals surface area (Å²) in [5, 5.41) is 3.73. The van der Waals surface area contributed by atoms with Crippen molar-refractivity contribution in [3.8, 4) is 0 Å². The van der Waals surface area contributed by atoms with E-state index in [1.54, 1.807) is 7.11 Å². The van der Waals surface area contributed by atoms with E-state index in [0.29, 0.717) is 0 Å². The summed E-state index contributed by atoms with van der Waals surface area (Å²) in [5.74, 6) is 0.845. The molecule has 0 bridgehead atoms. The van der Waals surface area contributed by atoms with Gasteiger partial charge in [-0.2, -0.15) is 0 Å². The van der Waals surface area contributed by atoms with Gasteiger partial charge in [-0.1, -0.05) is 51.7 Å². The van der Waals surface area contributed by atoms with Gasteiger partial charge < -0.3 is 10.1 Å². The summed E-state index contributed by atoms with van der Waals surface area (Å²) in [4.78, 5) is 4.76. The minimum atomic E-state index is -0.130. The maximum absolute atomic E-state index is 5.65. The minimum absolute atomic E-state index is 0.130. The SMILES string of the molecule is CCCCC1(CCCC)Nc2ccccc2N=C1OC. The van der Waals surface area contributed by atoms with Crippen molar-refractivity contribution in [1.82, 2.24) is 0 Å². The molecule has 110 valence electrons. The average molecular weight is 274 g/mol. The molecule has 0 aromatic heterocycles. The molecule has 20 heavy (non-hydrogen) atoms. The highest BCUT2D eigenvalue weighted by molar-refractivity contribution is 5.96. The van der Waals surface area contributed by atoms with E-state index in [1.165, 1.54) is 25.7 Å². The van der Waals surface area contributed by atoms with Crippen LogP contribution in [0.4, 0.5) is 11.4 Å². The summed E-state index contributed by atoms with van der Waals surface area (Å²) in [6.07, 6.45) is 6.89. The fraction of sp³-hybridized carbons (Fsp3) is 0.588. The fourth-order valence-corrected chi connectivity index (χ4v) is 2.87. The molecule has 3 heteroatoms. The molecule has 0 spiro atoms. The Kier molecular flexibility index (Phi) is 5.05. The molecule has 0 saturated carbocycles. The largest absolute Gasteiger partial charge is 0.482 e. The summed E-state index contributed by atoms with van der Waals surface area (Å²) in [5.41, 5.74) is 1.98. The van der Waals surface area contributed by atoms with Crippen molar-refractivity contribution in [2.24, 2.45) is 4.99 Å². The first-order valence-corrected chi connectivity index (χ1v) is 7.76. The first kappa shape index (κ1) is 14.9. The lowest BCUT2D eigenvalue weighted by Gasteiger charge is -2.39. The van der Waals surface area contributed by atoms with Gasteiger partial charge in [-0.3, -0.25) is 0 Å². The summed E-state index contributed by atoms with van der Waals surface area (Å²) in [6, 6.07) is 8.22. The first-order valence-electron chi connectivity index (χ1n) is 7.76. The molecule has 1 aromatic rings. The van der Waals surface area contributed by atoms with Crippen molar-refractivity contribution in [3.63, 3.8) is 0 Å². The number of fused-ring (bicyclic) bond motifs is 1. The number of benzene rings is 1. The van der Waals surface area contributed by atoms with Gasteiger partial charge in [0.2, 0.25) is 5.90 Å². The highest BCUT2D eigenvalue weighted by Crippen LogP contribution is 2.38. The predicted octanol–water partition coefficient (Wildman–Crippen LogP) is 4.91. The van der Waals surface area contributed by atoms with Crippen molar-refractivity contribution in [1.29, 1.82) is 0 Å². The van der Waals surface area contributed by atoms with Gasteiger partial charge in [0.15, 0.2) is 0 Å². The van der Waals surface area contributed by atoms with Crippen LogP contribution in [0.15, 0.2) is 29.3 Å². The topological polar surface area (TPSA) is 33.6 Å². The molecular weight excluding hydrogens is 248 g/mol. The summed E-state index contributed by atoms with van der Waals surface area (Å²) >= 11 is 0. The molecule has 1 aliphatic rings.